The van der Waals surface area contributed by atoms with Crippen LogP contribution in [0.15, 0.2) is 21.6 Å². The first kappa shape index (κ1) is 16.9. The second kappa shape index (κ2) is 6.02. The van der Waals surface area contributed by atoms with E-state index in [0.29, 0.717) is 23.6 Å². The Labute approximate surface area is 150 Å². The van der Waals surface area contributed by atoms with E-state index in [1.807, 2.05) is 19.1 Å². The van der Waals surface area contributed by atoms with E-state index in [0.717, 1.165) is 24.7 Å². The van der Waals surface area contributed by atoms with Gasteiger partial charge in [-0.1, -0.05) is 5.16 Å². The highest BCUT2D eigenvalue weighted by Gasteiger charge is 2.31. The number of hydrogen-bond donors (Lipinski definition) is 1. The molecule has 1 aliphatic rings. The van der Waals surface area contributed by atoms with Crippen molar-refractivity contribution in [2.45, 2.75) is 25.7 Å². The Hall–Kier alpha value is -2.53. The van der Waals surface area contributed by atoms with Crippen LogP contribution >= 0.6 is 0 Å². The number of aryl methyl sites for hydroxylation is 3. The van der Waals surface area contributed by atoms with Gasteiger partial charge in [0.2, 0.25) is 10.0 Å². The minimum atomic E-state index is -3.62. The van der Waals surface area contributed by atoms with E-state index in [9.17, 15) is 8.42 Å². The largest absolute Gasteiger partial charge is 0.360 e. The second-order valence-corrected chi connectivity index (χ2v) is 8.19. The topological polar surface area (TPSA) is 119 Å². The number of aromatic nitrogens is 5. The summed E-state index contributed by atoms with van der Waals surface area (Å²) in [6.45, 7) is 6.86. The molecule has 0 aliphatic carbocycles. The molecule has 26 heavy (non-hydrogen) atoms. The van der Waals surface area contributed by atoms with E-state index in [1.165, 1.54) is 0 Å². The van der Waals surface area contributed by atoms with Gasteiger partial charge in [-0.25, -0.2) is 13.1 Å². The van der Waals surface area contributed by atoms with Gasteiger partial charge in [-0.2, -0.15) is 4.52 Å². The highest BCUT2D eigenvalue weighted by Crippen LogP contribution is 2.24. The number of hydrogen-bond acceptors (Lipinski definition) is 8. The lowest BCUT2D eigenvalue weighted by atomic mass is 10.0. The number of nitrogens with one attached hydrogen (secondary N) is 1. The van der Waals surface area contributed by atoms with Crippen LogP contribution in [0.1, 0.15) is 17.3 Å². The van der Waals surface area contributed by atoms with Gasteiger partial charge < -0.3 is 9.42 Å². The third-order valence-electron chi connectivity index (χ3n) is 4.48. The van der Waals surface area contributed by atoms with Gasteiger partial charge in [0.15, 0.2) is 17.2 Å². The Kier molecular flexibility index (Phi) is 3.92. The first-order chi connectivity index (χ1) is 12.3. The molecule has 0 spiro atoms. The highest BCUT2D eigenvalue weighted by atomic mass is 32.2. The first-order valence-electron chi connectivity index (χ1n) is 8.21. The van der Waals surface area contributed by atoms with Crippen LogP contribution in [0.3, 0.4) is 0 Å². The smallest absolute Gasteiger partial charge is 0.245 e. The number of nitrogens with zero attached hydrogens (tertiary/aromatic N) is 6. The molecule has 4 heterocycles. The fraction of sp³-hybridized carbons (Fsp3) is 0.467. The molecular weight excluding hydrogens is 358 g/mol. The van der Waals surface area contributed by atoms with Gasteiger partial charge in [-0.05, 0) is 32.9 Å². The van der Waals surface area contributed by atoms with Crippen LogP contribution in [0, 0.1) is 26.7 Å². The standard InChI is InChI=1S/C15H19N7O3S/c1-9-15(10(2)25-20-9)26(23,24)16-6-12-7-21(8-12)14-5-4-13-18-17-11(3)22(13)19-14/h4-5,12,16H,6-8H2,1-3H3. The molecular formula is C15H19N7O3S. The molecule has 0 atom stereocenters. The molecule has 138 valence electrons. The molecule has 0 unspecified atom stereocenters. The fourth-order valence-corrected chi connectivity index (χ4v) is 4.54. The minimum absolute atomic E-state index is 0.129. The van der Waals surface area contributed by atoms with Gasteiger partial charge in [0.25, 0.3) is 0 Å². The van der Waals surface area contributed by atoms with Crippen LogP contribution in [-0.2, 0) is 10.0 Å². The van der Waals surface area contributed by atoms with Gasteiger partial charge in [0, 0.05) is 25.6 Å². The van der Waals surface area contributed by atoms with Crippen LogP contribution < -0.4 is 9.62 Å². The molecule has 11 heteroatoms. The molecule has 0 radical (unpaired) electrons. The summed E-state index contributed by atoms with van der Waals surface area (Å²) in [5.74, 6) is 2.06. The lowest BCUT2D eigenvalue weighted by molar-refractivity contribution is 0.390. The predicted octanol–water partition coefficient (Wildman–Crippen LogP) is 0.452. The number of rotatable bonds is 5. The SMILES string of the molecule is Cc1noc(C)c1S(=O)(=O)NCC1CN(c2ccc3nnc(C)n3n2)C1. The summed E-state index contributed by atoms with van der Waals surface area (Å²) in [7, 11) is -3.62. The molecule has 0 saturated carbocycles. The highest BCUT2D eigenvalue weighted by molar-refractivity contribution is 7.89. The Morgan fingerprint density at radius 3 is 2.69 bits per heavy atom. The molecule has 1 aliphatic heterocycles. The third kappa shape index (κ3) is 2.82. The Bertz CT molecular complexity index is 1050. The lowest BCUT2D eigenvalue weighted by Gasteiger charge is -2.40. The monoisotopic (exact) mass is 377 g/mol. The van der Waals surface area contributed by atoms with Crippen LogP contribution in [-0.4, -0.2) is 53.0 Å². The van der Waals surface area contributed by atoms with Crippen LogP contribution in [0.2, 0.25) is 0 Å². The van der Waals surface area contributed by atoms with Crippen molar-refractivity contribution in [3.05, 3.63) is 29.4 Å². The molecule has 3 aromatic rings. The molecule has 1 N–H and O–H groups in total. The second-order valence-electron chi connectivity index (χ2n) is 6.48. The number of sulfonamides is 1. The summed E-state index contributed by atoms with van der Waals surface area (Å²) in [5.41, 5.74) is 1.07. The molecule has 0 amide bonds. The van der Waals surface area contributed by atoms with Gasteiger partial charge in [-0.3, -0.25) is 0 Å². The van der Waals surface area contributed by atoms with Crippen molar-refractivity contribution in [2.24, 2.45) is 5.92 Å². The average molecular weight is 377 g/mol. The third-order valence-corrected chi connectivity index (χ3v) is 6.15. The molecule has 4 rings (SSSR count). The van der Waals surface area contributed by atoms with E-state index in [4.69, 9.17) is 4.52 Å². The minimum Gasteiger partial charge on any atom is -0.360 e. The van der Waals surface area contributed by atoms with E-state index in [-0.39, 0.29) is 10.8 Å². The van der Waals surface area contributed by atoms with Crippen molar-refractivity contribution >= 4 is 21.5 Å². The van der Waals surface area contributed by atoms with Crippen molar-refractivity contribution in [1.29, 1.82) is 0 Å². The summed E-state index contributed by atoms with van der Waals surface area (Å²) in [5, 5.41) is 16.2. The van der Waals surface area contributed by atoms with Crippen LogP contribution in [0.25, 0.3) is 5.65 Å². The molecule has 10 nitrogen and oxygen atoms in total. The zero-order valence-corrected chi connectivity index (χ0v) is 15.5. The molecule has 3 aromatic heterocycles. The Morgan fingerprint density at radius 1 is 1.23 bits per heavy atom. The van der Waals surface area contributed by atoms with E-state index in [2.05, 4.69) is 30.1 Å². The number of anilines is 1. The summed E-state index contributed by atoms with van der Waals surface area (Å²) in [4.78, 5) is 2.22. The van der Waals surface area contributed by atoms with Crippen molar-refractivity contribution in [1.82, 2.24) is 29.7 Å². The zero-order chi connectivity index (χ0) is 18.5. The normalized spacial score (nSPS) is 15.6. The first-order valence-corrected chi connectivity index (χ1v) is 9.70. The van der Waals surface area contributed by atoms with Crippen molar-refractivity contribution in [3.8, 4) is 0 Å². The maximum absolute atomic E-state index is 12.4. The summed E-state index contributed by atoms with van der Waals surface area (Å²) in [6, 6.07) is 3.77. The zero-order valence-electron chi connectivity index (χ0n) is 14.7. The Morgan fingerprint density at radius 2 is 2.00 bits per heavy atom. The van der Waals surface area contributed by atoms with Crippen molar-refractivity contribution < 1.29 is 12.9 Å². The average Bonchev–Trinajstić information content (AvgIpc) is 3.09. The van der Waals surface area contributed by atoms with Crippen molar-refractivity contribution in [2.75, 3.05) is 24.5 Å². The summed E-state index contributed by atoms with van der Waals surface area (Å²) < 4.78 is 34.2. The molecule has 1 fully saturated rings. The summed E-state index contributed by atoms with van der Waals surface area (Å²) in [6.07, 6.45) is 0. The van der Waals surface area contributed by atoms with E-state index in [1.54, 1.807) is 18.4 Å². The van der Waals surface area contributed by atoms with Gasteiger partial charge in [0.1, 0.15) is 16.4 Å². The van der Waals surface area contributed by atoms with Gasteiger partial charge >= 0.3 is 0 Å². The van der Waals surface area contributed by atoms with Gasteiger partial charge in [0.05, 0.1) is 0 Å². The van der Waals surface area contributed by atoms with Crippen molar-refractivity contribution in [3.63, 3.8) is 0 Å². The van der Waals surface area contributed by atoms with Crippen LogP contribution in [0.4, 0.5) is 5.82 Å². The maximum atomic E-state index is 12.4. The van der Waals surface area contributed by atoms with E-state index < -0.39 is 10.0 Å². The maximum Gasteiger partial charge on any atom is 0.245 e. The van der Waals surface area contributed by atoms with Crippen LogP contribution in [0.5, 0.6) is 0 Å². The van der Waals surface area contributed by atoms with E-state index >= 15 is 0 Å². The molecule has 0 bridgehead atoms. The Balaban J connectivity index is 1.38. The predicted molar refractivity (Wildman–Crippen MR) is 92.4 cm³/mol. The fourth-order valence-electron chi connectivity index (χ4n) is 3.10. The lowest BCUT2D eigenvalue weighted by Crippen LogP contribution is -2.52. The summed E-state index contributed by atoms with van der Waals surface area (Å²) >= 11 is 0. The molecule has 1 saturated heterocycles. The molecule has 0 aromatic carbocycles. The number of fused-ring (bicyclic) bond motifs is 1. The van der Waals surface area contributed by atoms with Gasteiger partial charge in [-0.15, -0.1) is 15.3 Å². The quantitative estimate of drug-likeness (QED) is 0.681.